The molecule has 0 spiro atoms. The average Bonchev–Trinajstić information content (AvgIpc) is 2.88. The number of amides is 2. The summed E-state index contributed by atoms with van der Waals surface area (Å²) in [6, 6.07) is 5.97. The normalized spacial score (nSPS) is 24.4. The molecule has 1 aromatic rings. The molecular weight excluding hydrogens is 395 g/mol. The smallest absolute Gasteiger partial charge is 0.283 e. The molecule has 0 bridgehead atoms. The molecule has 2 amide bonds. The van der Waals surface area contributed by atoms with E-state index < -0.39 is 0 Å². The molecule has 0 unspecified atom stereocenters. The van der Waals surface area contributed by atoms with Gasteiger partial charge in [-0.05, 0) is 36.6 Å². The third kappa shape index (κ3) is 2.57. The summed E-state index contributed by atoms with van der Waals surface area (Å²) in [4.78, 5) is 28.0. The van der Waals surface area contributed by atoms with E-state index in [2.05, 4.69) is 0 Å². The molecule has 22 heavy (non-hydrogen) atoms. The van der Waals surface area contributed by atoms with Crippen LogP contribution >= 0.6 is 22.6 Å². The second kappa shape index (κ2) is 6.06. The highest BCUT2D eigenvalue weighted by molar-refractivity contribution is 14.1. The summed E-state index contributed by atoms with van der Waals surface area (Å²) < 4.78 is 5.31. The van der Waals surface area contributed by atoms with E-state index in [1.807, 2.05) is 57.5 Å². The lowest BCUT2D eigenvalue weighted by Gasteiger charge is -2.44. The van der Waals surface area contributed by atoms with E-state index in [4.69, 9.17) is 4.74 Å². The van der Waals surface area contributed by atoms with Crippen LogP contribution in [0.5, 0.6) is 5.75 Å². The molecule has 2 saturated heterocycles. The van der Waals surface area contributed by atoms with Crippen LogP contribution in [0.1, 0.15) is 30.0 Å². The van der Waals surface area contributed by atoms with Crippen molar-refractivity contribution in [3.8, 4) is 5.75 Å². The first kappa shape index (κ1) is 15.6. The summed E-state index contributed by atoms with van der Waals surface area (Å²) in [5.74, 6) is 1.02. The minimum Gasteiger partial charge on any atom is -0.497 e. The SMILES string of the molecule is COc1ccc([C@H]2[C@@H]3CCC(=O)N3CCN2C(=O)I)c(C)c1. The summed E-state index contributed by atoms with van der Waals surface area (Å²) in [7, 11) is 1.65. The Balaban J connectivity index is 2.02. The van der Waals surface area contributed by atoms with Crippen molar-refractivity contribution in [1.29, 1.82) is 0 Å². The van der Waals surface area contributed by atoms with Gasteiger partial charge in [0.15, 0.2) is 0 Å². The van der Waals surface area contributed by atoms with E-state index in [0.29, 0.717) is 19.5 Å². The molecule has 2 aliphatic rings. The minimum atomic E-state index is -0.0597. The third-order valence-corrected chi connectivity index (χ3v) is 5.30. The highest BCUT2D eigenvalue weighted by atomic mass is 127. The largest absolute Gasteiger partial charge is 0.497 e. The number of benzene rings is 1. The molecule has 0 aromatic heterocycles. The van der Waals surface area contributed by atoms with E-state index in [-0.39, 0.29) is 21.9 Å². The molecule has 2 aliphatic heterocycles. The summed E-state index contributed by atoms with van der Waals surface area (Å²) in [6.07, 6.45) is 1.40. The van der Waals surface area contributed by atoms with Crippen LogP contribution in [0.2, 0.25) is 0 Å². The highest BCUT2D eigenvalue weighted by Crippen LogP contribution is 2.40. The van der Waals surface area contributed by atoms with Gasteiger partial charge in [0.05, 0.1) is 19.2 Å². The summed E-state index contributed by atoms with van der Waals surface area (Å²) in [5.41, 5.74) is 2.20. The summed E-state index contributed by atoms with van der Waals surface area (Å²) in [5, 5.41) is 0. The molecule has 2 fully saturated rings. The lowest BCUT2D eigenvalue weighted by atomic mass is 9.91. The molecular formula is C16H19IN2O3. The van der Waals surface area contributed by atoms with Crippen molar-refractivity contribution in [1.82, 2.24) is 9.80 Å². The van der Waals surface area contributed by atoms with Gasteiger partial charge in [-0.2, -0.15) is 0 Å². The first-order valence-electron chi connectivity index (χ1n) is 7.43. The van der Waals surface area contributed by atoms with Crippen molar-refractivity contribution < 1.29 is 14.3 Å². The van der Waals surface area contributed by atoms with Crippen LogP contribution in [0.3, 0.4) is 0 Å². The summed E-state index contributed by atoms with van der Waals surface area (Å²) >= 11 is 1.85. The van der Waals surface area contributed by atoms with E-state index in [1.54, 1.807) is 7.11 Å². The van der Waals surface area contributed by atoms with Gasteiger partial charge in [-0.15, -0.1) is 0 Å². The predicted molar refractivity (Wildman–Crippen MR) is 91.3 cm³/mol. The van der Waals surface area contributed by atoms with Gasteiger partial charge in [0.25, 0.3) is 3.91 Å². The first-order valence-corrected chi connectivity index (χ1v) is 8.51. The first-order chi connectivity index (χ1) is 10.5. The van der Waals surface area contributed by atoms with Crippen molar-refractivity contribution >= 4 is 32.4 Å². The number of methoxy groups -OCH3 is 1. The number of carbonyl (C=O) groups excluding carboxylic acids is 2. The number of nitrogens with zero attached hydrogens (tertiary/aromatic N) is 2. The standard InChI is InChI=1S/C16H19IN2O3/c1-10-9-11(22-2)3-4-12(10)15-13-5-6-14(20)18(13)7-8-19(15)16(17)21/h3-4,9,13,15H,5-8H2,1-2H3/t13-,15-/m0/s1. The number of carbonyl (C=O) groups is 2. The van der Waals surface area contributed by atoms with Crippen LogP contribution in [0.4, 0.5) is 4.79 Å². The Kier molecular flexibility index (Phi) is 4.29. The van der Waals surface area contributed by atoms with E-state index in [9.17, 15) is 9.59 Å². The number of piperazine rings is 1. The zero-order valence-electron chi connectivity index (χ0n) is 12.7. The lowest BCUT2D eigenvalue weighted by molar-refractivity contribution is -0.131. The van der Waals surface area contributed by atoms with Crippen LogP contribution in [0.25, 0.3) is 0 Å². The van der Waals surface area contributed by atoms with Gasteiger partial charge in [0.1, 0.15) is 5.75 Å². The minimum absolute atomic E-state index is 0.0387. The Morgan fingerprint density at radius 1 is 1.36 bits per heavy atom. The Morgan fingerprint density at radius 2 is 2.14 bits per heavy atom. The van der Waals surface area contributed by atoms with Crippen molar-refractivity contribution in [3.63, 3.8) is 0 Å². The predicted octanol–water partition coefficient (Wildman–Crippen LogP) is 2.91. The highest BCUT2D eigenvalue weighted by Gasteiger charge is 2.44. The fourth-order valence-electron chi connectivity index (χ4n) is 3.62. The van der Waals surface area contributed by atoms with Gasteiger partial charge in [-0.1, -0.05) is 6.07 Å². The van der Waals surface area contributed by atoms with Gasteiger partial charge < -0.3 is 14.5 Å². The molecule has 2 atom stereocenters. The number of aryl methyl sites for hydroxylation is 1. The van der Waals surface area contributed by atoms with Gasteiger partial charge in [-0.3, -0.25) is 9.59 Å². The molecule has 0 aliphatic carbocycles. The zero-order chi connectivity index (χ0) is 15.9. The molecule has 3 rings (SSSR count). The fraction of sp³-hybridized carbons (Fsp3) is 0.500. The van der Waals surface area contributed by atoms with Crippen LogP contribution < -0.4 is 4.74 Å². The number of ether oxygens (including phenoxy) is 1. The van der Waals surface area contributed by atoms with E-state index in [0.717, 1.165) is 23.3 Å². The molecule has 118 valence electrons. The van der Waals surface area contributed by atoms with Crippen molar-refractivity contribution in [2.24, 2.45) is 0 Å². The monoisotopic (exact) mass is 414 g/mol. The molecule has 0 radical (unpaired) electrons. The van der Waals surface area contributed by atoms with Crippen molar-refractivity contribution in [2.75, 3.05) is 20.2 Å². The van der Waals surface area contributed by atoms with Crippen molar-refractivity contribution in [2.45, 2.75) is 31.8 Å². The number of rotatable bonds is 2. The van der Waals surface area contributed by atoms with Gasteiger partial charge >= 0.3 is 0 Å². The second-order valence-electron chi connectivity index (χ2n) is 5.81. The molecule has 0 saturated carbocycles. The molecule has 0 N–H and O–H groups in total. The zero-order valence-corrected chi connectivity index (χ0v) is 14.9. The topological polar surface area (TPSA) is 49.9 Å². The van der Waals surface area contributed by atoms with Gasteiger partial charge in [0, 0.05) is 42.1 Å². The number of hydrogen-bond donors (Lipinski definition) is 0. The van der Waals surface area contributed by atoms with E-state index in [1.165, 1.54) is 0 Å². The maximum absolute atomic E-state index is 12.1. The van der Waals surface area contributed by atoms with Gasteiger partial charge in [-0.25, -0.2) is 0 Å². The Hall–Kier alpha value is -1.31. The Labute approximate surface area is 143 Å². The Bertz CT molecular complexity index is 619. The molecule has 5 nitrogen and oxygen atoms in total. The van der Waals surface area contributed by atoms with Gasteiger partial charge in [0.2, 0.25) is 5.91 Å². The lowest BCUT2D eigenvalue weighted by Crippen LogP contribution is -2.54. The maximum atomic E-state index is 12.1. The summed E-state index contributed by atoms with van der Waals surface area (Å²) in [6.45, 7) is 3.27. The maximum Gasteiger partial charge on any atom is 0.283 e. The quantitative estimate of drug-likeness (QED) is 0.425. The van der Waals surface area contributed by atoms with Crippen LogP contribution in [-0.4, -0.2) is 45.9 Å². The second-order valence-corrected chi connectivity index (χ2v) is 6.73. The van der Waals surface area contributed by atoms with Crippen LogP contribution in [0.15, 0.2) is 18.2 Å². The van der Waals surface area contributed by atoms with Crippen molar-refractivity contribution in [3.05, 3.63) is 29.3 Å². The number of fused-ring (bicyclic) bond motifs is 1. The van der Waals surface area contributed by atoms with Crippen LogP contribution in [0, 0.1) is 6.92 Å². The Morgan fingerprint density at radius 3 is 2.77 bits per heavy atom. The molecule has 2 heterocycles. The number of halogens is 1. The van der Waals surface area contributed by atoms with Crippen LogP contribution in [-0.2, 0) is 4.79 Å². The number of hydrogen-bond acceptors (Lipinski definition) is 3. The average molecular weight is 414 g/mol. The fourth-order valence-corrected chi connectivity index (χ4v) is 4.16. The molecule has 1 aromatic carbocycles. The molecule has 6 heteroatoms. The third-order valence-electron chi connectivity index (χ3n) is 4.68. The van der Waals surface area contributed by atoms with E-state index >= 15 is 0 Å².